The minimum atomic E-state index is -5.00. The fourth-order valence-corrected chi connectivity index (χ4v) is 4.88. The Balaban J connectivity index is 1.67. The van der Waals surface area contributed by atoms with E-state index in [9.17, 15) is 18.0 Å². The van der Waals surface area contributed by atoms with Gasteiger partial charge in [0.05, 0.1) is 5.56 Å². The topological polar surface area (TPSA) is 50.6 Å². The van der Waals surface area contributed by atoms with Crippen LogP contribution in [0.2, 0.25) is 0 Å². The second-order valence-electron chi connectivity index (χ2n) is 7.50. The van der Waals surface area contributed by atoms with E-state index in [4.69, 9.17) is 0 Å². The Labute approximate surface area is 196 Å². The highest BCUT2D eigenvalue weighted by molar-refractivity contribution is 7.99. The number of benzene rings is 3. The molecule has 34 heavy (non-hydrogen) atoms. The minimum absolute atomic E-state index is 0.151. The number of H-pyrrole nitrogens is 1. The van der Waals surface area contributed by atoms with Crippen molar-refractivity contribution in [2.24, 2.45) is 0 Å². The lowest BCUT2D eigenvalue weighted by molar-refractivity contribution is -0.585. The van der Waals surface area contributed by atoms with E-state index in [0.29, 0.717) is 0 Å². The quantitative estimate of drug-likeness (QED) is 0.150. The van der Waals surface area contributed by atoms with Gasteiger partial charge in [0, 0.05) is 11.3 Å². The van der Waals surface area contributed by atoms with Gasteiger partial charge in [-0.05, 0) is 22.3 Å². The lowest BCUT2D eigenvalue weighted by Gasteiger charge is -2.07. The molecule has 5 nitrogen and oxygen atoms in total. The molecule has 1 N–H and O–H groups in total. The van der Waals surface area contributed by atoms with Crippen LogP contribution < -0.4 is 4.52 Å². The number of aromatic nitrogens is 3. The maximum absolute atomic E-state index is 12.5. The van der Waals surface area contributed by atoms with Crippen molar-refractivity contribution in [3.63, 3.8) is 0 Å². The van der Waals surface area contributed by atoms with Crippen LogP contribution in [0.3, 0.4) is 0 Å². The van der Waals surface area contributed by atoms with Gasteiger partial charge in [0.2, 0.25) is 5.52 Å². The molecule has 0 atom stereocenters. The third-order valence-corrected chi connectivity index (χ3v) is 6.33. The summed E-state index contributed by atoms with van der Waals surface area (Å²) in [6.45, 7) is -0.365. The SMILES string of the molecule is O=C(OCCSc1c(-c2ccccc2)c(-c2ccccc2)[n+]2c3ccccc3[nH]n12)C(F)(F)F. The Morgan fingerprint density at radius 2 is 1.53 bits per heavy atom. The molecule has 172 valence electrons. The number of halogens is 3. The Hall–Kier alpha value is -3.72. The number of thioether (sulfide) groups is 1. The smallest absolute Gasteiger partial charge is 0.458 e. The number of esters is 1. The van der Waals surface area contributed by atoms with Crippen LogP contribution in [0.25, 0.3) is 33.4 Å². The predicted molar refractivity (Wildman–Crippen MR) is 124 cm³/mol. The zero-order valence-electron chi connectivity index (χ0n) is 17.8. The van der Waals surface area contributed by atoms with Crippen LogP contribution in [0.4, 0.5) is 13.2 Å². The molecule has 5 rings (SSSR count). The van der Waals surface area contributed by atoms with Crippen LogP contribution in [0.1, 0.15) is 0 Å². The molecular formula is C25H19F3N3O2S+. The number of nitrogens with zero attached hydrogens (tertiary/aromatic N) is 2. The third kappa shape index (κ3) is 4.03. The number of fused-ring (bicyclic) bond motifs is 3. The van der Waals surface area contributed by atoms with Crippen molar-refractivity contribution in [1.29, 1.82) is 0 Å². The van der Waals surface area contributed by atoms with Crippen LogP contribution in [-0.4, -0.2) is 34.2 Å². The van der Waals surface area contributed by atoms with Crippen molar-refractivity contribution in [3.05, 3.63) is 84.9 Å². The number of para-hydroxylation sites is 2. The molecule has 2 aromatic heterocycles. The van der Waals surface area contributed by atoms with Gasteiger partial charge in [-0.1, -0.05) is 84.6 Å². The summed E-state index contributed by atoms with van der Waals surface area (Å²) in [4.78, 5) is 11.1. The normalized spacial score (nSPS) is 11.9. The summed E-state index contributed by atoms with van der Waals surface area (Å²) in [5, 5.41) is 4.19. The first kappa shape index (κ1) is 22.1. The number of carbonyl (C=O) groups excluding carboxylic acids is 1. The van der Waals surface area contributed by atoms with Gasteiger partial charge in [-0.3, -0.25) is 0 Å². The molecule has 2 heterocycles. The second kappa shape index (κ2) is 8.90. The molecule has 0 spiro atoms. The summed E-state index contributed by atoms with van der Waals surface area (Å²) >= 11 is 1.32. The Bertz CT molecular complexity index is 1460. The van der Waals surface area contributed by atoms with Crippen molar-refractivity contribution < 1.29 is 27.2 Å². The largest absolute Gasteiger partial charge is 0.490 e. The zero-order chi connectivity index (χ0) is 23.7. The minimum Gasteiger partial charge on any atom is -0.458 e. The van der Waals surface area contributed by atoms with Gasteiger partial charge in [0.25, 0.3) is 0 Å². The second-order valence-corrected chi connectivity index (χ2v) is 8.58. The number of hydrogen-bond donors (Lipinski definition) is 1. The van der Waals surface area contributed by atoms with E-state index in [1.807, 2.05) is 89.6 Å². The van der Waals surface area contributed by atoms with E-state index >= 15 is 0 Å². The molecule has 0 fully saturated rings. The summed E-state index contributed by atoms with van der Waals surface area (Å²) in [7, 11) is 0. The van der Waals surface area contributed by atoms with E-state index in [1.165, 1.54) is 11.8 Å². The van der Waals surface area contributed by atoms with Crippen LogP contribution in [0, 0.1) is 0 Å². The Morgan fingerprint density at radius 1 is 0.912 bits per heavy atom. The molecule has 0 amide bonds. The van der Waals surface area contributed by atoms with Crippen molar-refractivity contribution in [2.75, 3.05) is 12.4 Å². The number of nitrogens with one attached hydrogen (secondary N) is 1. The van der Waals surface area contributed by atoms with Gasteiger partial charge in [0.15, 0.2) is 16.2 Å². The van der Waals surface area contributed by atoms with E-state index in [1.54, 1.807) is 0 Å². The highest BCUT2D eigenvalue weighted by Gasteiger charge is 2.40. The van der Waals surface area contributed by atoms with E-state index in [-0.39, 0.29) is 12.4 Å². The van der Waals surface area contributed by atoms with Crippen molar-refractivity contribution in [1.82, 2.24) is 9.73 Å². The molecule has 3 aromatic carbocycles. The average molecular weight is 483 g/mol. The van der Waals surface area contributed by atoms with Gasteiger partial charge in [-0.25, -0.2) is 4.79 Å². The molecule has 0 saturated carbocycles. The van der Waals surface area contributed by atoms with E-state index in [2.05, 4.69) is 14.4 Å². The highest BCUT2D eigenvalue weighted by Crippen LogP contribution is 2.38. The molecule has 0 aliphatic carbocycles. The number of rotatable bonds is 6. The Morgan fingerprint density at radius 3 is 2.21 bits per heavy atom. The van der Waals surface area contributed by atoms with Crippen molar-refractivity contribution in [2.45, 2.75) is 11.2 Å². The van der Waals surface area contributed by atoms with Gasteiger partial charge >= 0.3 is 12.1 Å². The lowest BCUT2D eigenvalue weighted by Crippen LogP contribution is -2.28. The first-order valence-electron chi connectivity index (χ1n) is 10.5. The summed E-state index contributed by atoms with van der Waals surface area (Å²) in [5.41, 5.74) is 5.69. The predicted octanol–water partition coefficient (Wildman–Crippen LogP) is 5.54. The number of alkyl halides is 3. The number of aromatic amines is 1. The number of hydrogen-bond acceptors (Lipinski definition) is 3. The van der Waals surface area contributed by atoms with Crippen LogP contribution >= 0.6 is 11.8 Å². The Kier molecular flexibility index (Phi) is 5.79. The third-order valence-electron chi connectivity index (χ3n) is 5.31. The monoisotopic (exact) mass is 482 g/mol. The zero-order valence-corrected chi connectivity index (χ0v) is 18.6. The average Bonchev–Trinajstić information content (AvgIpc) is 3.37. The van der Waals surface area contributed by atoms with Crippen LogP contribution in [0.15, 0.2) is 90.0 Å². The van der Waals surface area contributed by atoms with Gasteiger partial charge in [-0.15, -0.1) is 4.52 Å². The first-order valence-corrected chi connectivity index (χ1v) is 11.5. The summed E-state index contributed by atoms with van der Waals surface area (Å²) in [5.74, 6) is -2.03. The summed E-state index contributed by atoms with van der Waals surface area (Å²) in [6.07, 6.45) is -5.00. The molecule has 9 heteroatoms. The van der Waals surface area contributed by atoms with E-state index in [0.717, 1.165) is 38.4 Å². The maximum atomic E-state index is 12.5. The van der Waals surface area contributed by atoms with Crippen LogP contribution in [-0.2, 0) is 9.53 Å². The molecule has 0 unspecified atom stereocenters. The molecule has 0 aliphatic rings. The molecule has 0 aliphatic heterocycles. The molecule has 5 aromatic rings. The summed E-state index contributed by atoms with van der Waals surface area (Å²) < 4.78 is 45.9. The highest BCUT2D eigenvalue weighted by atomic mass is 32.2. The maximum Gasteiger partial charge on any atom is 0.490 e. The van der Waals surface area contributed by atoms with Crippen LogP contribution in [0.5, 0.6) is 0 Å². The number of carbonyl (C=O) groups is 1. The number of ether oxygens (including phenoxy) is 1. The van der Waals surface area contributed by atoms with Gasteiger partial charge in [-0.2, -0.15) is 18.3 Å². The fraction of sp³-hybridized carbons (Fsp3) is 0.120. The van der Waals surface area contributed by atoms with E-state index < -0.39 is 12.1 Å². The van der Waals surface area contributed by atoms with Gasteiger partial charge < -0.3 is 4.74 Å². The molecule has 0 saturated heterocycles. The van der Waals surface area contributed by atoms with Gasteiger partial charge in [0.1, 0.15) is 6.61 Å². The first-order chi connectivity index (χ1) is 16.4. The fourth-order valence-electron chi connectivity index (χ4n) is 3.92. The lowest BCUT2D eigenvalue weighted by atomic mass is 10.0. The molecular weight excluding hydrogens is 463 g/mol. The summed E-state index contributed by atoms with van der Waals surface area (Å²) in [6, 6.07) is 27.6. The standard InChI is InChI=1S/C25H19F3N3O2S/c26-25(27,28)24(32)33-15-16-34-23-21(17-9-3-1-4-10-17)22(18-11-5-2-6-12-18)30-20-14-8-7-13-19(20)29-31(23)30/h1-14,29H,15-16H2/q+1. The van der Waals surface area contributed by atoms with Crippen molar-refractivity contribution >= 4 is 28.8 Å². The van der Waals surface area contributed by atoms with Crippen molar-refractivity contribution in [3.8, 4) is 22.4 Å². The molecule has 0 radical (unpaired) electrons. The molecule has 0 bridgehead atoms.